The van der Waals surface area contributed by atoms with Gasteiger partial charge in [0.05, 0.1) is 7.11 Å². The number of ether oxygens (including phenoxy) is 1. The first-order valence-electron chi connectivity index (χ1n) is 7.77. The maximum atomic E-state index is 12.6. The Labute approximate surface area is 164 Å². The zero-order valence-electron chi connectivity index (χ0n) is 14.2. The van der Waals surface area contributed by atoms with E-state index in [2.05, 4.69) is 10.3 Å². The van der Waals surface area contributed by atoms with E-state index in [0.717, 1.165) is 42.3 Å². The molecule has 1 aliphatic heterocycles. The van der Waals surface area contributed by atoms with Crippen molar-refractivity contribution in [3.8, 4) is 16.3 Å². The highest BCUT2D eigenvalue weighted by molar-refractivity contribution is 7.13. The summed E-state index contributed by atoms with van der Waals surface area (Å²) in [6.45, 7) is 1.58. The number of piperidine rings is 1. The lowest BCUT2D eigenvalue weighted by molar-refractivity contribution is 0.0702. The number of thiazole rings is 1. The van der Waals surface area contributed by atoms with Crippen LogP contribution in [0.1, 0.15) is 23.3 Å². The smallest absolute Gasteiger partial charge is 0.273 e. The van der Waals surface area contributed by atoms with Gasteiger partial charge >= 0.3 is 0 Å². The fourth-order valence-corrected chi connectivity index (χ4v) is 3.57. The fourth-order valence-electron chi connectivity index (χ4n) is 2.77. The molecule has 8 heteroatoms. The van der Waals surface area contributed by atoms with Crippen LogP contribution in [0.25, 0.3) is 10.6 Å². The average molecular weight is 404 g/mol. The van der Waals surface area contributed by atoms with Crippen molar-refractivity contribution < 1.29 is 9.53 Å². The number of hydrogen-bond acceptors (Lipinski definition) is 5. The molecular formula is C17H23Cl2N3O2S. The Hall–Kier alpha value is -1.34. The van der Waals surface area contributed by atoms with Crippen molar-refractivity contribution in [1.29, 1.82) is 0 Å². The standard InChI is InChI=1S/C17H21N3O2S.2ClH/c1-18-13-7-9-20(10-8-13)17(21)15-11-23-16(19-15)12-3-5-14(22-2)6-4-12;;/h3-6,11,13,18H,7-10H2,1-2H3;2*1H. The molecule has 5 nitrogen and oxygen atoms in total. The van der Waals surface area contributed by atoms with Gasteiger partial charge in [0.25, 0.3) is 5.91 Å². The summed E-state index contributed by atoms with van der Waals surface area (Å²) in [6, 6.07) is 8.25. The first-order valence-corrected chi connectivity index (χ1v) is 8.65. The quantitative estimate of drug-likeness (QED) is 0.848. The van der Waals surface area contributed by atoms with E-state index in [0.29, 0.717) is 11.7 Å². The molecule has 1 aliphatic rings. The number of halogens is 2. The molecule has 2 heterocycles. The molecule has 0 unspecified atom stereocenters. The minimum Gasteiger partial charge on any atom is -0.497 e. The highest BCUT2D eigenvalue weighted by Gasteiger charge is 2.24. The molecule has 0 aliphatic carbocycles. The molecule has 0 spiro atoms. The van der Waals surface area contributed by atoms with E-state index in [1.54, 1.807) is 7.11 Å². The van der Waals surface area contributed by atoms with E-state index in [4.69, 9.17) is 4.74 Å². The molecule has 0 bridgehead atoms. The van der Waals surface area contributed by atoms with Crippen LogP contribution in [0.5, 0.6) is 5.75 Å². The molecule has 1 fully saturated rings. The van der Waals surface area contributed by atoms with Crippen LogP contribution >= 0.6 is 36.2 Å². The van der Waals surface area contributed by atoms with Crippen molar-refractivity contribution >= 4 is 42.1 Å². The van der Waals surface area contributed by atoms with Crippen LogP contribution < -0.4 is 10.1 Å². The Morgan fingerprint density at radius 3 is 2.44 bits per heavy atom. The molecule has 1 aromatic heterocycles. The molecule has 3 rings (SSSR count). The van der Waals surface area contributed by atoms with E-state index < -0.39 is 0 Å². The first kappa shape index (κ1) is 21.7. The van der Waals surface area contributed by atoms with E-state index in [-0.39, 0.29) is 30.7 Å². The third kappa shape index (κ3) is 5.07. The third-order valence-electron chi connectivity index (χ3n) is 4.25. The Bertz CT molecular complexity index is 671. The van der Waals surface area contributed by atoms with Gasteiger partial charge in [-0.25, -0.2) is 4.98 Å². The molecule has 0 saturated carbocycles. The normalized spacial score (nSPS) is 14.4. The Balaban J connectivity index is 0.00000156. The molecule has 1 saturated heterocycles. The van der Waals surface area contributed by atoms with Gasteiger partial charge in [0.15, 0.2) is 0 Å². The van der Waals surface area contributed by atoms with Gasteiger partial charge in [0.2, 0.25) is 0 Å². The van der Waals surface area contributed by atoms with E-state index in [9.17, 15) is 4.79 Å². The summed E-state index contributed by atoms with van der Waals surface area (Å²) in [7, 11) is 3.62. The molecule has 1 amide bonds. The van der Waals surface area contributed by atoms with Crippen molar-refractivity contribution in [2.45, 2.75) is 18.9 Å². The molecule has 0 radical (unpaired) electrons. The fraction of sp³-hybridized carbons (Fsp3) is 0.412. The predicted molar refractivity (Wildman–Crippen MR) is 107 cm³/mol. The number of nitrogens with zero attached hydrogens (tertiary/aromatic N) is 2. The first-order chi connectivity index (χ1) is 11.2. The van der Waals surface area contributed by atoms with Crippen molar-refractivity contribution in [2.75, 3.05) is 27.2 Å². The zero-order valence-corrected chi connectivity index (χ0v) is 16.7. The molecule has 0 atom stereocenters. The van der Waals surface area contributed by atoms with Gasteiger partial charge in [0.1, 0.15) is 16.5 Å². The Morgan fingerprint density at radius 2 is 1.88 bits per heavy atom. The van der Waals surface area contributed by atoms with Crippen molar-refractivity contribution in [2.24, 2.45) is 0 Å². The van der Waals surface area contributed by atoms with Crippen LogP contribution in [0.2, 0.25) is 0 Å². The summed E-state index contributed by atoms with van der Waals surface area (Å²) >= 11 is 1.50. The summed E-state index contributed by atoms with van der Waals surface area (Å²) in [5.41, 5.74) is 1.55. The Kier molecular flexibility index (Phi) is 8.65. The van der Waals surface area contributed by atoms with Crippen LogP contribution in [0.15, 0.2) is 29.6 Å². The van der Waals surface area contributed by atoms with Crippen LogP contribution in [-0.4, -0.2) is 49.1 Å². The van der Waals surface area contributed by atoms with Gasteiger partial charge in [-0.15, -0.1) is 36.2 Å². The lowest BCUT2D eigenvalue weighted by Crippen LogP contribution is -2.44. The van der Waals surface area contributed by atoms with Crippen LogP contribution in [0.4, 0.5) is 0 Å². The number of methoxy groups -OCH3 is 1. The number of nitrogens with one attached hydrogen (secondary N) is 1. The van der Waals surface area contributed by atoms with Gasteiger partial charge in [0, 0.05) is 30.1 Å². The van der Waals surface area contributed by atoms with Crippen molar-refractivity contribution in [1.82, 2.24) is 15.2 Å². The van der Waals surface area contributed by atoms with Gasteiger partial charge in [-0.1, -0.05) is 0 Å². The second-order valence-corrected chi connectivity index (χ2v) is 6.48. The molecule has 138 valence electrons. The highest BCUT2D eigenvalue weighted by atomic mass is 35.5. The highest BCUT2D eigenvalue weighted by Crippen LogP contribution is 2.26. The van der Waals surface area contributed by atoms with E-state index >= 15 is 0 Å². The predicted octanol–water partition coefficient (Wildman–Crippen LogP) is 3.49. The van der Waals surface area contributed by atoms with Crippen LogP contribution in [0.3, 0.4) is 0 Å². The maximum Gasteiger partial charge on any atom is 0.273 e. The van der Waals surface area contributed by atoms with E-state index in [1.807, 2.05) is 41.6 Å². The summed E-state index contributed by atoms with van der Waals surface area (Å²) < 4.78 is 5.16. The van der Waals surface area contributed by atoms with E-state index in [1.165, 1.54) is 11.3 Å². The topological polar surface area (TPSA) is 54.5 Å². The second kappa shape index (κ2) is 9.97. The maximum absolute atomic E-state index is 12.6. The van der Waals surface area contributed by atoms with Gasteiger partial charge in [-0.05, 0) is 44.2 Å². The summed E-state index contributed by atoms with van der Waals surface area (Å²) in [4.78, 5) is 19.0. The Morgan fingerprint density at radius 1 is 1.24 bits per heavy atom. The summed E-state index contributed by atoms with van der Waals surface area (Å²) in [6.07, 6.45) is 2.00. The average Bonchev–Trinajstić information content (AvgIpc) is 3.11. The number of aromatic nitrogens is 1. The third-order valence-corrected chi connectivity index (χ3v) is 5.14. The molecular weight excluding hydrogens is 381 g/mol. The SMILES string of the molecule is CNC1CCN(C(=O)c2csc(-c3ccc(OC)cc3)n2)CC1.Cl.Cl. The second-order valence-electron chi connectivity index (χ2n) is 5.62. The van der Waals surface area contributed by atoms with Crippen LogP contribution in [-0.2, 0) is 0 Å². The number of rotatable bonds is 4. The summed E-state index contributed by atoms with van der Waals surface area (Å²) in [5.74, 6) is 0.851. The van der Waals surface area contributed by atoms with Gasteiger partial charge < -0.3 is 15.0 Å². The lowest BCUT2D eigenvalue weighted by Gasteiger charge is -2.31. The van der Waals surface area contributed by atoms with Crippen molar-refractivity contribution in [3.05, 3.63) is 35.3 Å². The summed E-state index contributed by atoms with van der Waals surface area (Å²) in [5, 5.41) is 5.99. The molecule has 25 heavy (non-hydrogen) atoms. The van der Waals surface area contributed by atoms with Crippen molar-refractivity contribution in [3.63, 3.8) is 0 Å². The van der Waals surface area contributed by atoms with Gasteiger partial charge in [-0.3, -0.25) is 4.79 Å². The zero-order chi connectivity index (χ0) is 16.2. The number of likely N-dealkylation sites (tertiary alicyclic amines) is 1. The van der Waals surface area contributed by atoms with Gasteiger partial charge in [-0.2, -0.15) is 0 Å². The number of benzene rings is 1. The lowest BCUT2D eigenvalue weighted by atomic mass is 10.1. The molecule has 1 aromatic carbocycles. The largest absolute Gasteiger partial charge is 0.497 e. The molecule has 2 aromatic rings. The monoisotopic (exact) mass is 403 g/mol. The van der Waals surface area contributed by atoms with Crippen LogP contribution in [0, 0.1) is 0 Å². The number of carbonyl (C=O) groups excluding carboxylic acids is 1. The number of hydrogen-bond donors (Lipinski definition) is 1. The minimum atomic E-state index is 0. The molecule has 1 N–H and O–H groups in total. The number of carbonyl (C=O) groups is 1. The minimum absolute atomic E-state index is 0. The number of amides is 1.